The summed E-state index contributed by atoms with van der Waals surface area (Å²) in [5.74, 6) is 1.14. The standard InChI is InChI=1S/C18H18N2O/c21-17(13-6-2-1-3-7-13)15-10-11-20-12-14-8-4-5-9-16(14)19-18(15)20/h1-9,15,17,21H,10-12H2. The van der Waals surface area contributed by atoms with Crippen LogP contribution in [-0.4, -0.2) is 22.4 Å². The predicted molar refractivity (Wildman–Crippen MR) is 83.5 cm³/mol. The minimum atomic E-state index is -0.472. The molecule has 0 bridgehead atoms. The molecule has 2 atom stereocenters. The summed E-state index contributed by atoms with van der Waals surface area (Å²) in [5.41, 5.74) is 3.30. The van der Waals surface area contributed by atoms with Gasteiger partial charge in [0.2, 0.25) is 0 Å². The van der Waals surface area contributed by atoms with E-state index in [-0.39, 0.29) is 5.92 Å². The predicted octanol–water partition coefficient (Wildman–Crippen LogP) is 3.29. The number of hydrogen-bond acceptors (Lipinski definition) is 3. The highest BCUT2D eigenvalue weighted by Gasteiger charge is 2.37. The van der Waals surface area contributed by atoms with Crippen LogP contribution in [0.3, 0.4) is 0 Å². The lowest BCUT2D eigenvalue weighted by atomic mass is 9.93. The van der Waals surface area contributed by atoms with Crippen molar-refractivity contribution in [3.63, 3.8) is 0 Å². The van der Waals surface area contributed by atoms with Crippen LogP contribution < -0.4 is 0 Å². The Morgan fingerprint density at radius 1 is 1.05 bits per heavy atom. The van der Waals surface area contributed by atoms with Gasteiger partial charge in [0.15, 0.2) is 0 Å². The number of nitrogens with zero attached hydrogens (tertiary/aromatic N) is 2. The summed E-state index contributed by atoms with van der Waals surface area (Å²) in [6.45, 7) is 1.88. The van der Waals surface area contributed by atoms with Crippen LogP contribution in [0.15, 0.2) is 59.6 Å². The van der Waals surface area contributed by atoms with Gasteiger partial charge in [-0.2, -0.15) is 0 Å². The zero-order valence-electron chi connectivity index (χ0n) is 11.8. The maximum absolute atomic E-state index is 10.7. The maximum Gasteiger partial charge on any atom is 0.111 e. The van der Waals surface area contributed by atoms with Gasteiger partial charge in [-0.1, -0.05) is 48.5 Å². The van der Waals surface area contributed by atoms with Crippen molar-refractivity contribution in [3.05, 3.63) is 65.7 Å². The Hall–Kier alpha value is -2.13. The summed E-state index contributed by atoms with van der Waals surface area (Å²) >= 11 is 0. The fourth-order valence-corrected chi connectivity index (χ4v) is 3.35. The Balaban J connectivity index is 1.68. The molecule has 2 aromatic carbocycles. The van der Waals surface area contributed by atoms with Gasteiger partial charge in [0.1, 0.15) is 5.84 Å². The number of rotatable bonds is 2. The van der Waals surface area contributed by atoms with E-state index >= 15 is 0 Å². The van der Waals surface area contributed by atoms with Crippen LogP contribution in [0, 0.1) is 5.92 Å². The summed E-state index contributed by atoms with van der Waals surface area (Å²) in [6, 6.07) is 18.2. The van der Waals surface area contributed by atoms with Gasteiger partial charge in [0.05, 0.1) is 11.8 Å². The average molecular weight is 278 g/mol. The van der Waals surface area contributed by atoms with Crippen LogP contribution in [0.2, 0.25) is 0 Å². The van der Waals surface area contributed by atoms with Gasteiger partial charge in [0, 0.05) is 19.0 Å². The second-order valence-electron chi connectivity index (χ2n) is 5.77. The number of aliphatic imine (C=N–C) groups is 1. The van der Waals surface area contributed by atoms with Gasteiger partial charge in [-0.3, -0.25) is 0 Å². The van der Waals surface area contributed by atoms with Gasteiger partial charge >= 0.3 is 0 Å². The van der Waals surface area contributed by atoms with E-state index in [9.17, 15) is 5.11 Å². The first-order chi connectivity index (χ1) is 10.3. The molecule has 1 saturated heterocycles. The first kappa shape index (κ1) is 12.6. The third-order valence-electron chi connectivity index (χ3n) is 4.48. The van der Waals surface area contributed by atoms with Crippen molar-refractivity contribution in [1.29, 1.82) is 0 Å². The van der Waals surface area contributed by atoms with Crippen LogP contribution in [0.4, 0.5) is 5.69 Å². The quantitative estimate of drug-likeness (QED) is 0.915. The fraction of sp³-hybridized carbons (Fsp3) is 0.278. The Labute approximate surface area is 124 Å². The lowest BCUT2D eigenvalue weighted by Gasteiger charge is -2.28. The zero-order chi connectivity index (χ0) is 14.2. The Morgan fingerprint density at radius 2 is 1.81 bits per heavy atom. The molecule has 0 radical (unpaired) electrons. The highest BCUT2D eigenvalue weighted by atomic mass is 16.3. The van der Waals surface area contributed by atoms with E-state index in [1.54, 1.807) is 0 Å². The first-order valence-corrected chi connectivity index (χ1v) is 7.47. The number of para-hydroxylation sites is 1. The monoisotopic (exact) mass is 278 g/mol. The molecule has 0 aliphatic carbocycles. The van der Waals surface area contributed by atoms with E-state index in [4.69, 9.17) is 4.99 Å². The molecule has 1 fully saturated rings. The van der Waals surface area contributed by atoms with Crippen molar-refractivity contribution in [2.45, 2.75) is 19.1 Å². The summed E-state index contributed by atoms with van der Waals surface area (Å²) in [5, 5.41) is 10.7. The topological polar surface area (TPSA) is 35.8 Å². The number of amidine groups is 1. The van der Waals surface area contributed by atoms with Crippen molar-refractivity contribution in [3.8, 4) is 0 Å². The number of aliphatic hydroxyl groups is 1. The fourth-order valence-electron chi connectivity index (χ4n) is 3.35. The van der Waals surface area contributed by atoms with Gasteiger partial charge in [-0.05, 0) is 23.6 Å². The lowest BCUT2D eigenvalue weighted by molar-refractivity contribution is 0.141. The van der Waals surface area contributed by atoms with Crippen molar-refractivity contribution in [1.82, 2.24) is 4.90 Å². The first-order valence-electron chi connectivity index (χ1n) is 7.47. The molecule has 0 aromatic heterocycles. The molecule has 0 amide bonds. The Morgan fingerprint density at radius 3 is 2.67 bits per heavy atom. The van der Waals surface area contributed by atoms with E-state index in [0.29, 0.717) is 0 Å². The summed E-state index contributed by atoms with van der Waals surface area (Å²) in [7, 11) is 0. The van der Waals surface area contributed by atoms with Crippen LogP contribution in [-0.2, 0) is 6.54 Å². The van der Waals surface area contributed by atoms with Gasteiger partial charge < -0.3 is 10.0 Å². The molecule has 3 heteroatoms. The van der Waals surface area contributed by atoms with E-state index in [1.807, 2.05) is 36.4 Å². The summed E-state index contributed by atoms with van der Waals surface area (Å²) in [6.07, 6.45) is 0.489. The molecule has 2 aliphatic rings. The minimum Gasteiger partial charge on any atom is -0.388 e. The van der Waals surface area contributed by atoms with Gasteiger partial charge in [0.25, 0.3) is 0 Å². The third kappa shape index (κ3) is 2.14. The SMILES string of the molecule is OC(c1ccccc1)C1CCN2Cc3ccccc3N=C12. The zero-order valence-corrected chi connectivity index (χ0v) is 11.8. The molecule has 21 heavy (non-hydrogen) atoms. The van der Waals surface area contributed by atoms with E-state index in [2.05, 4.69) is 23.1 Å². The Bertz CT molecular complexity index is 681. The molecule has 2 aliphatic heterocycles. The molecule has 4 rings (SSSR count). The molecule has 2 aromatic rings. The Kier molecular flexibility index (Phi) is 3.00. The lowest BCUT2D eigenvalue weighted by Crippen LogP contribution is -2.31. The van der Waals surface area contributed by atoms with Crippen molar-refractivity contribution < 1.29 is 5.11 Å². The van der Waals surface area contributed by atoms with Gasteiger partial charge in [-0.15, -0.1) is 0 Å². The van der Waals surface area contributed by atoms with Crippen LogP contribution in [0.5, 0.6) is 0 Å². The molecule has 1 N–H and O–H groups in total. The largest absolute Gasteiger partial charge is 0.388 e. The van der Waals surface area contributed by atoms with Gasteiger partial charge in [-0.25, -0.2) is 4.99 Å². The number of fused-ring (bicyclic) bond motifs is 2. The molecular formula is C18H18N2O. The normalized spacial score (nSPS) is 21.5. The second kappa shape index (κ2) is 5.01. The molecular weight excluding hydrogens is 260 g/mol. The minimum absolute atomic E-state index is 0.0979. The van der Waals surface area contributed by atoms with E-state index < -0.39 is 6.10 Å². The molecule has 106 valence electrons. The van der Waals surface area contributed by atoms with Crippen molar-refractivity contribution >= 4 is 11.5 Å². The number of aliphatic hydroxyl groups excluding tert-OH is 1. The highest BCUT2D eigenvalue weighted by molar-refractivity contribution is 5.91. The number of hydrogen-bond donors (Lipinski definition) is 1. The van der Waals surface area contributed by atoms with Crippen molar-refractivity contribution in [2.75, 3.05) is 6.54 Å². The van der Waals surface area contributed by atoms with E-state index in [0.717, 1.165) is 36.6 Å². The smallest absolute Gasteiger partial charge is 0.111 e. The summed E-state index contributed by atoms with van der Waals surface area (Å²) < 4.78 is 0. The van der Waals surface area contributed by atoms with Crippen LogP contribution >= 0.6 is 0 Å². The highest BCUT2D eigenvalue weighted by Crippen LogP contribution is 2.37. The third-order valence-corrected chi connectivity index (χ3v) is 4.48. The molecule has 0 spiro atoms. The molecule has 2 heterocycles. The molecule has 2 unspecified atom stereocenters. The maximum atomic E-state index is 10.7. The second-order valence-corrected chi connectivity index (χ2v) is 5.77. The molecule has 0 saturated carbocycles. The molecule has 3 nitrogen and oxygen atoms in total. The van der Waals surface area contributed by atoms with Crippen molar-refractivity contribution in [2.24, 2.45) is 10.9 Å². The van der Waals surface area contributed by atoms with E-state index in [1.165, 1.54) is 5.56 Å². The average Bonchev–Trinajstić information content (AvgIpc) is 2.95. The number of benzene rings is 2. The summed E-state index contributed by atoms with van der Waals surface area (Å²) in [4.78, 5) is 7.12. The van der Waals surface area contributed by atoms with Crippen LogP contribution in [0.1, 0.15) is 23.7 Å². The van der Waals surface area contributed by atoms with Crippen LogP contribution in [0.25, 0.3) is 0 Å².